The largest absolute Gasteiger partial charge is 0.338 e. The molecule has 1 aliphatic rings. The maximum Gasteiger partial charge on any atom is 0.225 e. The van der Waals surface area contributed by atoms with Crippen LogP contribution in [0.5, 0.6) is 0 Å². The predicted molar refractivity (Wildman–Crippen MR) is 73.7 cm³/mol. The molecular weight excluding hydrogens is 276 g/mol. The normalized spacial score (nSPS) is 16.2. The van der Waals surface area contributed by atoms with Gasteiger partial charge in [-0.1, -0.05) is 0 Å². The van der Waals surface area contributed by atoms with Crippen molar-refractivity contribution in [3.63, 3.8) is 0 Å². The minimum absolute atomic E-state index is 0.0782. The van der Waals surface area contributed by atoms with Crippen molar-refractivity contribution >= 4 is 5.95 Å². The SMILES string of the molecule is Fc1cncc(F)c1CN1CCN(c2ncccn2)CC1. The second-order valence-corrected chi connectivity index (χ2v) is 4.89. The molecule has 3 rings (SSSR count). The molecule has 0 aromatic carbocycles. The third kappa shape index (κ3) is 3.13. The first-order chi connectivity index (χ1) is 10.2. The van der Waals surface area contributed by atoms with Gasteiger partial charge in [-0.15, -0.1) is 0 Å². The second-order valence-electron chi connectivity index (χ2n) is 4.89. The van der Waals surface area contributed by atoms with Crippen LogP contribution in [-0.2, 0) is 6.54 Å². The van der Waals surface area contributed by atoms with Gasteiger partial charge < -0.3 is 4.90 Å². The Morgan fingerprint density at radius 2 is 1.57 bits per heavy atom. The van der Waals surface area contributed by atoms with E-state index in [2.05, 4.69) is 19.9 Å². The molecule has 1 saturated heterocycles. The zero-order chi connectivity index (χ0) is 14.7. The van der Waals surface area contributed by atoms with Gasteiger partial charge in [-0.2, -0.15) is 0 Å². The molecule has 2 aromatic rings. The molecule has 1 fully saturated rings. The van der Waals surface area contributed by atoms with E-state index in [0.717, 1.165) is 25.5 Å². The van der Waals surface area contributed by atoms with E-state index in [1.54, 1.807) is 18.5 Å². The van der Waals surface area contributed by atoms with E-state index >= 15 is 0 Å². The molecule has 0 amide bonds. The van der Waals surface area contributed by atoms with Crippen LogP contribution in [0.2, 0.25) is 0 Å². The van der Waals surface area contributed by atoms with E-state index < -0.39 is 11.6 Å². The molecular formula is C14H15F2N5. The Balaban J connectivity index is 1.62. The van der Waals surface area contributed by atoms with Gasteiger partial charge in [-0.3, -0.25) is 9.88 Å². The van der Waals surface area contributed by atoms with Crippen molar-refractivity contribution in [3.05, 3.63) is 48.1 Å². The fraction of sp³-hybridized carbons (Fsp3) is 0.357. The predicted octanol–water partition coefficient (Wildman–Crippen LogP) is 1.47. The van der Waals surface area contributed by atoms with Crippen molar-refractivity contribution in [2.24, 2.45) is 0 Å². The van der Waals surface area contributed by atoms with Gasteiger partial charge >= 0.3 is 0 Å². The maximum atomic E-state index is 13.6. The molecule has 5 nitrogen and oxygen atoms in total. The third-order valence-corrected chi connectivity index (χ3v) is 3.54. The first-order valence-electron chi connectivity index (χ1n) is 6.76. The van der Waals surface area contributed by atoms with Crippen LogP contribution in [0.25, 0.3) is 0 Å². The highest BCUT2D eigenvalue weighted by Gasteiger charge is 2.21. The Morgan fingerprint density at radius 3 is 2.19 bits per heavy atom. The van der Waals surface area contributed by atoms with Crippen LogP contribution in [0.1, 0.15) is 5.56 Å². The summed E-state index contributed by atoms with van der Waals surface area (Å²) in [6.07, 6.45) is 5.51. The van der Waals surface area contributed by atoms with E-state index in [0.29, 0.717) is 19.0 Å². The zero-order valence-corrected chi connectivity index (χ0v) is 11.4. The highest BCUT2D eigenvalue weighted by molar-refractivity contribution is 5.29. The molecule has 3 heterocycles. The van der Waals surface area contributed by atoms with E-state index in [4.69, 9.17) is 0 Å². The molecule has 110 valence electrons. The minimum Gasteiger partial charge on any atom is -0.338 e. The van der Waals surface area contributed by atoms with Crippen LogP contribution in [0, 0.1) is 11.6 Å². The van der Waals surface area contributed by atoms with Crippen LogP contribution in [0.4, 0.5) is 14.7 Å². The molecule has 0 N–H and O–H groups in total. The Labute approximate surface area is 121 Å². The number of piperazine rings is 1. The van der Waals surface area contributed by atoms with E-state index in [1.807, 2.05) is 4.90 Å². The number of hydrogen-bond acceptors (Lipinski definition) is 5. The average Bonchev–Trinajstić information content (AvgIpc) is 2.53. The van der Waals surface area contributed by atoms with Crippen molar-refractivity contribution in [3.8, 4) is 0 Å². The Morgan fingerprint density at radius 1 is 0.952 bits per heavy atom. The molecule has 0 aliphatic carbocycles. The summed E-state index contributed by atoms with van der Waals surface area (Å²) >= 11 is 0. The summed E-state index contributed by atoms with van der Waals surface area (Å²) in [5, 5.41) is 0. The quantitative estimate of drug-likeness (QED) is 0.857. The number of halogens is 2. The van der Waals surface area contributed by atoms with Gasteiger partial charge in [0.25, 0.3) is 0 Å². The van der Waals surface area contributed by atoms with Crippen molar-refractivity contribution in [2.45, 2.75) is 6.54 Å². The first kappa shape index (κ1) is 13.8. The maximum absolute atomic E-state index is 13.6. The monoisotopic (exact) mass is 291 g/mol. The van der Waals surface area contributed by atoms with Gasteiger partial charge in [0.15, 0.2) is 0 Å². The summed E-state index contributed by atoms with van der Waals surface area (Å²) in [5.74, 6) is -0.494. The lowest BCUT2D eigenvalue weighted by Crippen LogP contribution is -2.46. The van der Waals surface area contributed by atoms with Crippen LogP contribution in [0.3, 0.4) is 0 Å². The van der Waals surface area contributed by atoms with Gasteiger partial charge in [-0.05, 0) is 6.07 Å². The molecule has 1 aliphatic heterocycles. The zero-order valence-electron chi connectivity index (χ0n) is 11.4. The van der Waals surface area contributed by atoms with E-state index in [1.165, 1.54) is 0 Å². The Bertz CT molecular complexity index is 579. The molecule has 2 aromatic heterocycles. The lowest BCUT2D eigenvalue weighted by atomic mass is 10.2. The van der Waals surface area contributed by atoms with Crippen LogP contribution >= 0.6 is 0 Å². The van der Waals surface area contributed by atoms with Crippen molar-refractivity contribution < 1.29 is 8.78 Å². The standard InChI is InChI=1S/C14H15F2N5/c15-12-8-17-9-13(16)11(12)10-20-4-6-21(7-5-20)14-18-2-1-3-19-14/h1-3,8-9H,4-7,10H2. The number of aromatic nitrogens is 3. The summed E-state index contributed by atoms with van der Waals surface area (Å²) in [6.45, 7) is 3.14. The highest BCUT2D eigenvalue weighted by atomic mass is 19.1. The fourth-order valence-corrected chi connectivity index (χ4v) is 2.37. The number of pyridine rings is 1. The Kier molecular flexibility index (Phi) is 4.01. The molecule has 0 saturated carbocycles. The summed E-state index contributed by atoms with van der Waals surface area (Å²) in [7, 11) is 0. The van der Waals surface area contributed by atoms with Crippen molar-refractivity contribution in [1.29, 1.82) is 0 Å². The smallest absolute Gasteiger partial charge is 0.225 e. The van der Waals surface area contributed by atoms with E-state index in [-0.39, 0.29) is 12.1 Å². The lowest BCUT2D eigenvalue weighted by Gasteiger charge is -2.34. The van der Waals surface area contributed by atoms with Crippen molar-refractivity contribution in [2.75, 3.05) is 31.1 Å². The number of nitrogens with zero attached hydrogens (tertiary/aromatic N) is 5. The number of hydrogen-bond donors (Lipinski definition) is 0. The van der Waals surface area contributed by atoms with Gasteiger partial charge in [0.1, 0.15) is 11.6 Å². The summed E-state index contributed by atoms with van der Waals surface area (Å²) in [5.41, 5.74) is 0.0782. The molecule has 0 atom stereocenters. The van der Waals surface area contributed by atoms with Gasteiger partial charge in [0.05, 0.1) is 12.4 Å². The van der Waals surface area contributed by atoms with Crippen LogP contribution < -0.4 is 4.90 Å². The van der Waals surface area contributed by atoms with Crippen LogP contribution in [0.15, 0.2) is 30.9 Å². The molecule has 21 heavy (non-hydrogen) atoms. The van der Waals surface area contributed by atoms with Gasteiger partial charge in [-0.25, -0.2) is 18.7 Å². The van der Waals surface area contributed by atoms with Crippen molar-refractivity contribution in [1.82, 2.24) is 19.9 Å². The fourth-order valence-electron chi connectivity index (χ4n) is 2.37. The molecule has 0 radical (unpaired) electrons. The van der Waals surface area contributed by atoms with E-state index in [9.17, 15) is 8.78 Å². The second kappa shape index (κ2) is 6.09. The molecule has 0 bridgehead atoms. The average molecular weight is 291 g/mol. The topological polar surface area (TPSA) is 45.2 Å². The number of rotatable bonds is 3. The summed E-state index contributed by atoms with van der Waals surface area (Å²) in [4.78, 5) is 16.0. The molecule has 0 spiro atoms. The first-order valence-corrected chi connectivity index (χ1v) is 6.76. The molecule has 0 unspecified atom stereocenters. The van der Waals surface area contributed by atoms with Gasteiger partial charge in [0, 0.05) is 50.7 Å². The Hall–Kier alpha value is -2.15. The highest BCUT2D eigenvalue weighted by Crippen LogP contribution is 2.16. The third-order valence-electron chi connectivity index (χ3n) is 3.54. The number of anilines is 1. The minimum atomic E-state index is -0.594. The lowest BCUT2D eigenvalue weighted by molar-refractivity contribution is 0.241. The summed E-state index contributed by atoms with van der Waals surface area (Å²) in [6, 6.07) is 1.77. The summed E-state index contributed by atoms with van der Waals surface area (Å²) < 4.78 is 27.2. The van der Waals surface area contributed by atoms with Crippen LogP contribution in [-0.4, -0.2) is 46.0 Å². The molecule has 7 heteroatoms. The van der Waals surface area contributed by atoms with Gasteiger partial charge in [0.2, 0.25) is 5.95 Å².